The molecule has 4 rings (SSSR count). The normalized spacial score (nSPS) is 10.9. The van der Waals surface area contributed by atoms with Crippen molar-refractivity contribution in [3.05, 3.63) is 102 Å². The highest BCUT2D eigenvalue weighted by Crippen LogP contribution is 2.24. The van der Waals surface area contributed by atoms with Gasteiger partial charge in [0.2, 0.25) is 0 Å². The fourth-order valence-electron chi connectivity index (χ4n) is 3.17. The van der Waals surface area contributed by atoms with Gasteiger partial charge in [-0.2, -0.15) is 0 Å². The van der Waals surface area contributed by atoms with Crippen molar-refractivity contribution in [2.75, 3.05) is 6.61 Å². The molecule has 134 valence electrons. The van der Waals surface area contributed by atoms with Crippen LogP contribution in [-0.2, 0) is 6.54 Å². The lowest BCUT2D eigenvalue weighted by Gasteiger charge is -2.08. The van der Waals surface area contributed by atoms with Crippen molar-refractivity contribution >= 4 is 16.7 Å². The molecular formula is C23H18FNO2. The van der Waals surface area contributed by atoms with E-state index < -0.39 is 0 Å². The maximum atomic E-state index is 13.7. The molecule has 0 spiro atoms. The molecule has 0 radical (unpaired) electrons. The lowest BCUT2D eigenvalue weighted by molar-refractivity contribution is 0.104. The van der Waals surface area contributed by atoms with E-state index in [2.05, 4.69) is 0 Å². The van der Waals surface area contributed by atoms with E-state index in [1.165, 1.54) is 6.07 Å². The van der Waals surface area contributed by atoms with E-state index in [1.807, 2.05) is 65.4 Å². The first-order valence-corrected chi connectivity index (χ1v) is 8.79. The third-order valence-corrected chi connectivity index (χ3v) is 4.50. The van der Waals surface area contributed by atoms with Gasteiger partial charge in [0.25, 0.3) is 0 Å². The van der Waals surface area contributed by atoms with Crippen LogP contribution in [0.3, 0.4) is 0 Å². The summed E-state index contributed by atoms with van der Waals surface area (Å²) in [7, 11) is 0. The highest BCUT2D eigenvalue weighted by atomic mass is 19.1. The van der Waals surface area contributed by atoms with E-state index in [4.69, 9.17) is 4.74 Å². The van der Waals surface area contributed by atoms with Gasteiger partial charge in [-0.05, 0) is 18.2 Å². The van der Waals surface area contributed by atoms with Crippen LogP contribution in [0.5, 0.6) is 5.75 Å². The van der Waals surface area contributed by atoms with Gasteiger partial charge < -0.3 is 9.30 Å². The molecule has 1 heterocycles. The third-order valence-electron chi connectivity index (χ3n) is 4.50. The Kier molecular flexibility index (Phi) is 4.71. The molecule has 0 unspecified atom stereocenters. The highest BCUT2D eigenvalue weighted by Gasteiger charge is 2.16. The molecule has 0 aliphatic heterocycles. The molecule has 1 aromatic heterocycles. The van der Waals surface area contributed by atoms with Crippen LogP contribution in [0.25, 0.3) is 10.9 Å². The Hall–Kier alpha value is -3.40. The number of ketones is 1. The highest BCUT2D eigenvalue weighted by molar-refractivity contribution is 6.16. The van der Waals surface area contributed by atoms with Crippen LogP contribution in [0, 0.1) is 5.82 Å². The molecule has 3 nitrogen and oxygen atoms in total. The van der Waals surface area contributed by atoms with Gasteiger partial charge in [0, 0.05) is 28.2 Å². The van der Waals surface area contributed by atoms with Crippen LogP contribution in [0.1, 0.15) is 15.9 Å². The summed E-state index contributed by atoms with van der Waals surface area (Å²) in [6, 6.07) is 23.3. The number of aromatic nitrogens is 1. The Balaban J connectivity index is 1.60. The Morgan fingerprint density at radius 3 is 2.41 bits per heavy atom. The molecule has 27 heavy (non-hydrogen) atoms. The Morgan fingerprint density at radius 1 is 0.889 bits per heavy atom. The number of rotatable bonds is 6. The van der Waals surface area contributed by atoms with Gasteiger partial charge in [0.1, 0.15) is 6.61 Å². The van der Waals surface area contributed by atoms with Gasteiger partial charge in [0.05, 0.1) is 6.54 Å². The van der Waals surface area contributed by atoms with Crippen LogP contribution in [-0.4, -0.2) is 17.0 Å². The molecule has 0 fully saturated rings. The van der Waals surface area contributed by atoms with E-state index in [0.29, 0.717) is 24.3 Å². The third kappa shape index (κ3) is 3.47. The fraction of sp³-hybridized carbons (Fsp3) is 0.0870. The van der Waals surface area contributed by atoms with E-state index >= 15 is 0 Å². The number of carbonyl (C=O) groups is 1. The molecule has 4 aromatic rings. The van der Waals surface area contributed by atoms with E-state index in [0.717, 1.165) is 10.9 Å². The standard InChI is InChI=1S/C23H18FNO2/c24-20-11-5-7-13-22(20)27-15-14-25-16-19(18-10-4-6-12-21(18)25)23(26)17-8-2-1-3-9-17/h1-13,16H,14-15H2. The van der Waals surface area contributed by atoms with Crippen molar-refractivity contribution in [2.24, 2.45) is 0 Å². The number of hydrogen-bond donors (Lipinski definition) is 0. The largest absolute Gasteiger partial charge is 0.489 e. The second-order valence-electron chi connectivity index (χ2n) is 6.23. The summed E-state index contributed by atoms with van der Waals surface area (Å²) in [6.45, 7) is 0.815. The van der Waals surface area contributed by atoms with E-state index in [1.54, 1.807) is 18.2 Å². The van der Waals surface area contributed by atoms with E-state index in [-0.39, 0.29) is 17.3 Å². The lowest BCUT2D eigenvalue weighted by atomic mass is 10.0. The zero-order valence-electron chi connectivity index (χ0n) is 14.6. The summed E-state index contributed by atoms with van der Waals surface area (Å²) < 4.78 is 21.2. The molecule has 0 amide bonds. The van der Waals surface area contributed by atoms with E-state index in [9.17, 15) is 9.18 Å². The molecule has 0 saturated carbocycles. The van der Waals surface area contributed by atoms with Gasteiger partial charge in [-0.25, -0.2) is 4.39 Å². The molecule has 0 atom stereocenters. The van der Waals surface area contributed by atoms with Gasteiger partial charge in [-0.1, -0.05) is 60.7 Å². The van der Waals surface area contributed by atoms with Crippen LogP contribution in [0.4, 0.5) is 4.39 Å². The molecule has 0 aliphatic carbocycles. The first-order chi connectivity index (χ1) is 13.2. The second kappa shape index (κ2) is 7.46. The minimum atomic E-state index is -0.380. The van der Waals surface area contributed by atoms with Crippen molar-refractivity contribution in [1.29, 1.82) is 0 Å². The van der Waals surface area contributed by atoms with Crippen molar-refractivity contribution in [1.82, 2.24) is 4.57 Å². The Labute approximate surface area is 156 Å². The molecule has 0 saturated heterocycles. The topological polar surface area (TPSA) is 31.2 Å². The molecular weight excluding hydrogens is 341 g/mol. The van der Waals surface area contributed by atoms with Gasteiger partial charge >= 0.3 is 0 Å². The summed E-state index contributed by atoms with van der Waals surface area (Å²) in [6.07, 6.45) is 1.85. The lowest BCUT2D eigenvalue weighted by Crippen LogP contribution is -2.08. The second-order valence-corrected chi connectivity index (χ2v) is 6.23. The van der Waals surface area contributed by atoms with Crippen LogP contribution in [0.2, 0.25) is 0 Å². The number of para-hydroxylation sites is 2. The maximum absolute atomic E-state index is 13.7. The SMILES string of the molecule is O=C(c1ccccc1)c1cn(CCOc2ccccc2F)c2ccccc12. The van der Waals surface area contributed by atoms with Crippen molar-refractivity contribution in [3.8, 4) is 5.75 Å². The fourth-order valence-corrected chi connectivity index (χ4v) is 3.17. The van der Waals surface area contributed by atoms with Gasteiger partial charge in [-0.15, -0.1) is 0 Å². The first kappa shape index (κ1) is 17.0. The Morgan fingerprint density at radius 2 is 1.59 bits per heavy atom. The maximum Gasteiger partial charge on any atom is 0.195 e. The quantitative estimate of drug-likeness (QED) is 0.449. The number of halogens is 1. The van der Waals surface area contributed by atoms with Crippen LogP contribution < -0.4 is 4.74 Å². The van der Waals surface area contributed by atoms with Crippen molar-refractivity contribution in [3.63, 3.8) is 0 Å². The zero-order valence-corrected chi connectivity index (χ0v) is 14.6. The minimum Gasteiger partial charge on any atom is -0.489 e. The number of fused-ring (bicyclic) bond motifs is 1. The average molecular weight is 359 g/mol. The number of carbonyl (C=O) groups excluding carboxylic acids is 1. The molecule has 0 bridgehead atoms. The molecule has 0 N–H and O–H groups in total. The summed E-state index contributed by atoms with van der Waals surface area (Å²) in [4.78, 5) is 12.9. The zero-order chi connectivity index (χ0) is 18.6. The summed E-state index contributed by atoms with van der Waals surface area (Å²) in [5.41, 5.74) is 2.26. The minimum absolute atomic E-state index is 0.0134. The number of ether oxygens (including phenoxy) is 1. The molecule has 3 aromatic carbocycles. The van der Waals surface area contributed by atoms with Crippen LogP contribution >= 0.6 is 0 Å². The summed E-state index contributed by atoms with van der Waals surface area (Å²) in [5.74, 6) is -0.162. The van der Waals surface area contributed by atoms with Crippen LogP contribution in [0.15, 0.2) is 85.1 Å². The molecule has 4 heteroatoms. The average Bonchev–Trinajstić information content (AvgIpc) is 3.08. The number of nitrogens with zero attached hydrogens (tertiary/aromatic N) is 1. The summed E-state index contributed by atoms with van der Waals surface area (Å²) in [5, 5.41) is 0.900. The van der Waals surface area contributed by atoms with Crippen molar-refractivity contribution in [2.45, 2.75) is 6.54 Å². The summed E-state index contributed by atoms with van der Waals surface area (Å²) >= 11 is 0. The monoisotopic (exact) mass is 359 g/mol. The van der Waals surface area contributed by atoms with Gasteiger partial charge in [0.15, 0.2) is 17.3 Å². The Bertz CT molecular complexity index is 1090. The van der Waals surface area contributed by atoms with Crippen molar-refractivity contribution < 1.29 is 13.9 Å². The number of benzene rings is 3. The predicted molar refractivity (Wildman–Crippen MR) is 104 cm³/mol. The number of hydrogen-bond acceptors (Lipinski definition) is 2. The smallest absolute Gasteiger partial charge is 0.195 e. The first-order valence-electron chi connectivity index (χ1n) is 8.79. The van der Waals surface area contributed by atoms with Gasteiger partial charge in [-0.3, -0.25) is 4.79 Å². The predicted octanol–water partition coefficient (Wildman–Crippen LogP) is 5.09. The molecule has 0 aliphatic rings.